The van der Waals surface area contributed by atoms with Crippen molar-refractivity contribution >= 4 is 22.6 Å². The first-order valence-corrected chi connectivity index (χ1v) is 5.99. The summed E-state index contributed by atoms with van der Waals surface area (Å²) >= 11 is 0. The van der Waals surface area contributed by atoms with Gasteiger partial charge < -0.3 is 15.0 Å². The highest BCUT2D eigenvalue weighted by Gasteiger charge is 2.18. The molecule has 2 N–H and O–H groups in total. The van der Waals surface area contributed by atoms with E-state index in [2.05, 4.69) is 11.1 Å². The predicted octanol–water partition coefficient (Wildman–Crippen LogP) is 2.94. The van der Waals surface area contributed by atoms with Crippen molar-refractivity contribution in [1.29, 1.82) is 0 Å². The lowest BCUT2D eigenvalue weighted by atomic mass is 9.99. The molecule has 0 atom stereocenters. The summed E-state index contributed by atoms with van der Waals surface area (Å²) in [6.45, 7) is 1.05. The third-order valence-corrected chi connectivity index (χ3v) is 3.41. The molecule has 1 aromatic heterocycles. The summed E-state index contributed by atoms with van der Waals surface area (Å²) in [4.78, 5) is 15.5. The molecule has 18 heavy (non-hydrogen) atoms. The number of H-pyrrole nitrogens is 1. The Morgan fingerprint density at radius 2 is 2.17 bits per heavy atom. The number of aromatic amines is 1. The summed E-state index contributed by atoms with van der Waals surface area (Å²) in [6, 6.07) is 8.16. The molecule has 1 amide bonds. The Kier molecular flexibility index (Phi) is 2.55. The molecule has 0 bridgehead atoms. The molecule has 1 aliphatic rings. The molecule has 0 unspecified atom stereocenters. The molecular weight excluding hydrogens is 228 g/mol. The third kappa shape index (κ3) is 1.76. The van der Waals surface area contributed by atoms with Crippen LogP contribution >= 0.6 is 0 Å². The largest absolute Gasteiger partial charge is 0.465 e. The van der Waals surface area contributed by atoms with Crippen LogP contribution in [0.25, 0.3) is 16.5 Å². The van der Waals surface area contributed by atoms with Crippen LogP contribution in [0.15, 0.2) is 36.5 Å². The number of carboxylic acid groups (broad SMARTS) is 1. The molecule has 0 saturated heterocycles. The van der Waals surface area contributed by atoms with Crippen LogP contribution in [0.5, 0.6) is 0 Å². The van der Waals surface area contributed by atoms with E-state index in [4.69, 9.17) is 5.11 Å². The van der Waals surface area contributed by atoms with Gasteiger partial charge >= 0.3 is 6.09 Å². The molecule has 4 nitrogen and oxygen atoms in total. The van der Waals surface area contributed by atoms with Gasteiger partial charge in [0.25, 0.3) is 0 Å². The molecule has 1 aromatic carbocycles. The molecule has 0 spiro atoms. The Morgan fingerprint density at radius 1 is 1.33 bits per heavy atom. The quantitative estimate of drug-likeness (QED) is 0.807. The van der Waals surface area contributed by atoms with Crippen molar-refractivity contribution in [3.8, 4) is 0 Å². The fraction of sp³-hybridized carbons (Fsp3) is 0.214. The Balaban J connectivity index is 1.94. The van der Waals surface area contributed by atoms with Crippen LogP contribution in [0.3, 0.4) is 0 Å². The average Bonchev–Trinajstić information content (AvgIpc) is 2.82. The monoisotopic (exact) mass is 242 g/mol. The fourth-order valence-corrected chi connectivity index (χ4v) is 2.42. The molecule has 0 aliphatic carbocycles. The SMILES string of the molecule is O=C(O)N1CC=C(c2c[nH]c3ccccc23)CC1. The highest BCUT2D eigenvalue weighted by atomic mass is 16.4. The van der Waals surface area contributed by atoms with Gasteiger partial charge in [0.1, 0.15) is 0 Å². The van der Waals surface area contributed by atoms with E-state index in [0.717, 1.165) is 11.9 Å². The second-order valence-electron chi connectivity index (χ2n) is 4.46. The first-order chi connectivity index (χ1) is 8.75. The van der Waals surface area contributed by atoms with E-state index in [1.165, 1.54) is 21.4 Å². The Labute approximate surface area is 105 Å². The topological polar surface area (TPSA) is 56.3 Å². The zero-order valence-electron chi connectivity index (χ0n) is 9.89. The maximum Gasteiger partial charge on any atom is 0.407 e. The standard InChI is InChI=1S/C14H14N2O2/c17-14(18)16-7-5-10(6-8-16)12-9-15-13-4-2-1-3-11(12)13/h1-5,9,15H,6-8H2,(H,17,18). The van der Waals surface area contributed by atoms with Gasteiger partial charge in [-0.3, -0.25) is 0 Å². The van der Waals surface area contributed by atoms with Gasteiger partial charge in [-0.15, -0.1) is 0 Å². The molecule has 2 aromatic rings. The van der Waals surface area contributed by atoms with Crippen LogP contribution in [-0.4, -0.2) is 34.2 Å². The number of amides is 1. The maximum atomic E-state index is 10.9. The molecular formula is C14H14N2O2. The lowest BCUT2D eigenvalue weighted by Gasteiger charge is -2.23. The third-order valence-electron chi connectivity index (χ3n) is 3.41. The van der Waals surface area contributed by atoms with Crippen molar-refractivity contribution in [2.75, 3.05) is 13.1 Å². The molecule has 2 heterocycles. The number of para-hydroxylation sites is 1. The highest BCUT2D eigenvalue weighted by molar-refractivity contribution is 5.92. The smallest absolute Gasteiger partial charge is 0.407 e. The summed E-state index contributed by atoms with van der Waals surface area (Å²) in [5.74, 6) is 0. The molecule has 92 valence electrons. The van der Waals surface area contributed by atoms with Crippen LogP contribution in [0.4, 0.5) is 4.79 Å². The number of fused-ring (bicyclic) bond motifs is 1. The van der Waals surface area contributed by atoms with Gasteiger partial charge in [0.2, 0.25) is 0 Å². The molecule has 0 saturated carbocycles. The predicted molar refractivity (Wildman–Crippen MR) is 70.5 cm³/mol. The van der Waals surface area contributed by atoms with E-state index in [0.29, 0.717) is 13.1 Å². The summed E-state index contributed by atoms with van der Waals surface area (Å²) < 4.78 is 0. The number of hydrogen-bond donors (Lipinski definition) is 2. The minimum atomic E-state index is -0.843. The number of nitrogens with one attached hydrogen (secondary N) is 1. The first kappa shape index (κ1) is 10.9. The minimum Gasteiger partial charge on any atom is -0.465 e. The number of rotatable bonds is 1. The Bertz CT molecular complexity index is 628. The van der Waals surface area contributed by atoms with Crippen molar-refractivity contribution < 1.29 is 9.90 Å². The summed E-state index contributed by atoms with van der Waals surface area (Å²) in [7, 11) is 0. The number of hydrogen-bond acceptors (Lipinski definition) is 1. The van der Waals surface area contributed by atoms with E-state index in [9.17, 15) is 4.79 Å². The Morgan fingerprint density at radius 3 is 2.89 bits per heavy atom. The van der Waals surface area contributed by atoms with Crippen molar-refractivity contribution in [3.05, 3.63) is 42.1 Å². The van der Waals surface area contributed by atoms with Gasteiger partial charge in [-0.1, -0.05) is 24.3 Å². The summed E-state index contributed by atoms with van der Waals surface area (Å²) in [5, 5.41) is 10.1. The van der Waals surface area contributed by atoms with Gasteiger partial charge in [0.05, 0.1) is 0 Å². The van der Waals surface area contributed by atoms with Gasteiger partial charge in [-0.05, 0) is 18.1 Å². The van der Waals surface area contributed by atoms with Crippen molar-refractivity contribution in [3.63, 3.8) is 0 Å². The van der Waals surface area contributed by atoms with E-state index in [1.54, 1.807) is 0 Å². The number of nitrogens with zero attached hydrogens (tertiary/aromatic N) is 1. The van der Waals surface area contributed by atoms with Crippen molar-refractivity contribution in [1.82, 2.24) is 9.88 Å². The average molecular weight is 242 g/mol. The van der Waals surface area contributed by atoms with Crippen LogP contribution in [-0.2, 0) is 0 Å². The number of aromatic nitrogens is 1. The summed E-state index contributed by atoms with van der Waals surface area (Å²) in [6.07, 6.45) is 3.94. The second-order valence-corrected chi connectivity index (χ2v) is 4.46. The van der Waals surface area contributed by atoms with Crippen molar-refractivity contribution in [2.45, 2.75) is 6.42 Å². The van der Waals surface area contributed by atoms with Crippen LogP contribution in [0, 0.1) is 0 Å². The van der Waals surface area contributed by atoms with Crippen LogP contribution in [0.1, 0.15) is 12.0 Å². The Hall–Kier alpha value is -2.23. The number of carbonyl (C=O) groups is 1. The first-order valence-electron chi connectivity index (χ1n) is 5.99. The van der Waals surface area contributed by atoms with Gasteiger partial charge in [0.15, 0.2) is 0 Å². The fourth-order valence-electron chi connectivity index (χ4n) is 2.42. The van der Waals surface area contributed by atoms with E-state index in [-0.39, 0.29) is 0 Å². The molecule has 1 aliphatic heterocycles. The van der Waals surface area contributed by atoms with Gasteiger partial charge in [-0.2, -0.15) is 0 Å². The van der Waals surface area contributed by atoms with E-state index < -0.39 is 6.09 Å². The lowest BCUT2D eigenvalue weighted by Crippen LogP contribution is -2.33. The zero-order valence-corrected chi connectivity index (χ0v) is 9.89. The molecule has 3 rings (SSSR count). The van der Waals surface area contributed by atoms with Crippen LogP contribution in [0.2, 0.25) is 0 Å². The van der Waals surface area contributed by atoms with Gasteiger partial charge in [-0.25, -0.2) is 4.79 Å². The van der Waals surface area contributed by atoms with Crippen LogP contribution < -0.4 is 0 Å². The normalized spacial score (nSPS) is 15.8. The second kappa shape index (κ2) is 4.22. The molecule has 0 fully saturated rings. The zero-order chi connectivity index (χ0) is 12.5. The lowest BCUT2D eigenvalue weighted by molar-refractivity contribution is 0.150. The molecule has 0 radical (unpaired) electrons. The van der Waals surface area contributed by atoms with Crippen molar-refractivity contribution in [2.24, 2.45) is 0 Å². The van der Waals surface area contributed by atoms with E-state index >= 15 is 0 Å². The van der Waals surface area contributed by atoms with Gasteiger partial charge in [0, 0.05) is 35.8 Å². The highest BCUT2D eigenvalue weighted by Crippen LogP contribution is 2.28. The minimum absolute atomic E-state index is 0.476. The van der Waals surface area contributed by atoms with E-state index in [1.807, 2.05) is 30.5 Å². The number of benzene rings is 1. The maximum absolute atomic E-state index is 10.9. The molecule has 4 heteroatoms. The summed E-state index contributed by atoms with van der Waals surface area (Å²) in [5.41, 5.74) is 3.54.